The summed E-state index contributed by atoms with van der Waals surface area (Å²) in [6.45, 7) is 0. The fourth-order valence-corrected chi connectivity index (χ4v) is 3.34. The molecule has 3 N–H and O–H groups in total. The van der Waals surface area contributed by atoms with Crippen LogP contribution < -0.4 is 20.1 Å². The molecule has 4 rings (SSSR count). The lowest BCUT2D eigenvalue weighted by Crippen LogP contribution is -2.20. The van der Waals surface area contributed by atoms with Crippen molar-refractivity contribution in [3.8, 4) is 22.8 Å². The summed E-state index contributed by atoms with van der Waals surface area (Å²) >= 11 is 0. The molecule has 1 heterocycles. The van der Waals surface area contributed by atoms with Crippen LogP contribution >= 0.6 is 0 Å². The Morgan fingerprint density at radius 2 is 1.78 bits per heavy atom. The molecule has 2 amide bonds. The van der Waals surface area contributed by atoms with Gasteiger partial charge in [0.25, 0.3) is 0 Å². The van der Waals surface area contributed by atoms with Gasteiger partial charge in [-0.15, -0.1) is 0 Å². The van der Waals surface area contributed by atoms with Gasteiger partial charge in [0.2, 0.25) is 0 Å². The number of amides is 2. The molecule has 10 heteroatoms. The first-order valence-electron chi connectivity index (χ1n) is 9.86. The number of carbonyl (C=O) groups is 1. The molecule has 168 valence electrons. The highest BCUT2D eigenvalue weighted by Gasteiger charge is 2.32. The zero-order valence-corrected chi connectivity index (χ0v) is 17.3. The predicted molar refractivity (Wildman–Crippen MR) is 113 cm³/mol. The second kappa shape index (κ2) is 8.45. The zero-order valence-electron chi connectivity index (χ0n) is 17.3. The topological polar surface area (TPSA) is 88.3 Å². The quantitative estimate of drug-likeness (QED) is 0.458. The van der Waals surface area contributed by atoms with Crippen molar-refractivity contribution in [1.29, 1.82) is 0 Å². The van der Waals surface area contributed by atoms with Crippen LogP contribution in [0.25, 0.3) is 11.3 Å². The predicted octanol–water partition coefficient (Wildman–Crippen LogP) is 5.63. The molecule has 1 fully saturated rings. The molecule has 7 nitrogen and oxygen atoms in total. The summed E-state index contributed by atoms with van der Waals surface area (Å²) in [4.78, 5) is 12.8. The van der Waals surface area contributed by atoms with Crippen LogP contribution in [0.15, 0.2) is 42.5 Å². The highest BCUT2D eigenvalue weighted by atomic mass is 19.4. The molecule has 2 aromatic carbocycles. The summed E-state index contributed by atoms with van der Waals surface area (Å²) < 4.78 is 49.2. The third kappa shape index (κ3) is 4.48. The van der Waals surface area contributed by atoms with Gasteiger partial charge in [0.1, 0.15) is 17.2 Å². The van der Waals surface area contributed by atoms with Crippen LogP contribution in [0.5, 0.6) is 11.5 Å². The average molecular weight is 446 g/mol. The minimum atomic E-state index is -4.43. The van der Waals surface area contributed by atoms with Crippen LogP contribution in [0.2, 0.25) is 0 Å². The molecule has 1 aliphatic rings. The summed E-state index contributed by atoms with van der Waals surface area (Å²) in [5.74, 6) is 1.21. The van der Waals surface area contributed by atoms with Gasteiger partial charge in [0.05, 0.1) is 36.9 Å². The summed E-state index contributed by atoms with van der Waals surface area (Å²) in [6.07, 6.45) is -2.55. The molecule has 0 spiro atoms. The molecule has 0 radical (unpaired) electrons. The van der Waals surface area contributed by atoms with Crippen LogP contribution in [-0.2, 0) is 6.18 Å². The minimum absolute atomic E-state index is 0.219. The lowest BCUT2D eigenvalue weighted by atomic mass is 10.1. The van der Waals surface area contributed by atoms with Crippen LogP contribution in [-0.4, -0.2) is 30.4 Å². The maximum Gasteiger partial charge on any atom is 0.416 e. The molecular weight excluding hydrogens is 425 g/mol. The number of aromatic nitrogens is 2. The zero-order chi connectivity index (χ0) is 22.9. The summed E-state index contributed by atoms with van der Waals surface area (Å²) in [5.41, 5.74) is 1.70. The standard InChI is InChI=1S/C22H21F3N4O3/c1-31-15-9-10-16(17(11-15)32-2)26-21(30)27-20-18(12-3-4-12)28-29-19(20)13-5-7-14(8-6-13)22(23,24)25/h5-12H,3-4H2,1-2H3,(H,28,29)(H2,26,27,30). The van der Waals surface area contributed by atoms with Gasteiger partial charge >= 0.3 is 12.2 Å². The fourth-order valence-electron chi connectivity index (χ4n) is 3.34. The smallest absolute Gasteiger partial charge is 0.416 e. The van der Waals surface area contributed by atoms with E-state index >= 15 is 0 Å². The van der Waals surface area contributed by atoms with E-state index in [4.69, 9.17) is 9.47 Å². The van der Waals surface area contributed by atoms with E-state index in [0.29, 0.717) is 34.1 Å². The van der Waals surface area contributed by atoms with E-state index in [0.717, 1.165) is 30.7 Å². The number of rotatable bonds is 6. The van der Waals surface area contributed by atoms with E-state index in [2.05, 4.69) is 20.8 Å². The van der Waals surface area contributed by atoms with Gasteiger partial charge in [-0.1, -0.05) is 12.1 Å². The molecule has 32 heavy (non-hydrogen) atoms. The number of anilines is 2. The maximum atomic E-state index is 12.9. The molecule has 1 aliphatic carbocycles. The molecule has 3 aromatic rings. The van der Waals surface area contributed by atoms with Gasteiger partial charge in [-0.25, -0.2) is 4.79 Å². The van der Waals surface area contributed by atoms with Crippen molar-refractivity contribution < 1.29 is 27.4 Å². The number of H-pyrrole nitrogens is 1. The van der Waals surface area contributed by atoms with Gasteiger partial charge < -0.3 is 20.1 Å². The molecule has 1 aromatic heterocycles. The summed E-state index contributed by atoms with van der Waals surface area (Å²) in [7, 11) is 3.00. The van der Waals surface area contributed by atoms with Gasteiger partial charge in [-0.05, 0) is 37.1 Å². The van der Waals surface area contributed by atoms with Crippen LogP contribution in [0.3, 0.4) is 0 Å². The largest absolute Gasteiger partial charge is 0.497 e. The van der Waals surface area contributed by atoms with E-state index in [1.54, 1.807) is 18.2 Å². The number of hydrogen-bond acceptors (Lipinski definition) is 4. The number of aromatic amines is 1. The number of nitrogens with one attached hydrogen (secondary N) is 3. The Morgan fingerprint density at radius 1 is 1.06 bits per heavy atom. The van der Waals surface area contributed by atoms with Crippen molar-refractivity contribution in [3.63, 3.8) is 0 Å². The molecule has 0 aliphatic heterocycles. The number of nitrogens with zero attached hydrogens (tertiary/aromatic N) is 1. The Bertz CT molecular complexity index is 1120. The molecular formula is C22H21F3N4O3. The normalized spacial score (nSPS) is 13.5. The number of benzene rings is 2. The Morgan fingerprint density at radius 3 is 2.38 bits per heavy atom. The second-order valence-electron chi connectivity index (χ2n) is 7.36. The first-order valence-corrected chi connectivity index (χ1v) is 9.86. The fraction of sp³-hybridized carbons (Fsp3) is 0.273. The number of carbonyl (C=O) groups excluding carboxylic acids is 1. The average Bonchev–Trinajstić information content (AvgIpc) is 3.54. The second-order valence-corrected chi connectivity index (χ2v) is 7.36. The van der Waals surface area contributed by atoms with E-state index in [1.165, 1.54) is 26.4 Å². The van der Waals surface area contributed by atoms with Crippen molar-refractivity contribution >= 4 is 17.4 Å². The number of alkyl halides is 3. The molecule has 0 bridgehead atoms. The Labute approximate surface area is 181 Å². The van der Waals surface area contributed by atoms with Crippen molar-refractivity contribution in [2.75, 3.05) is 24.9 Å². The third-order valence-corrected chi connectivity index (χ3v) is 5.16. The first kappa shape index (κ1) is 21.5. The molecule has 1 saturated carbocycles. The van der Waals surface area contributed by atoms with Gasteiger partial charge in [-0.3, -0.25) is 5.10 Å². The van der Waals surface area contributed by atoms with Gasteiger partial charge in [-0.2, -0.15) is 18.3 Å². The molecule has 0 saturated heterocycles. The third-order valence-electron chi connectivity index (χ3n) is 5.16. The SMILES string of the molecule is COc1ccc(NC(=O)Nc2c(-c3ccc(C(F)(F)F)cc3)n[nH]c2C2CC2)c(OC)c1. The van der Waals surface area contributed by atoms with Crippen molar-refractivity contribution in [3.05, 3.63) is 53.7 Å². The maximum absolute atomic E-state index is 12.9. The minimum Gasteiger partial charge on any atom is -0.497 e. The van der Waals surface area contributed by atoms with Gasteiger partial charge in [0.15, 0.2) is 0 Å². The number of urea groups is 1. The van der Waals surface area contributed by atoms with Crippen LogP contribution in [0.4, 0.5) is 29.3 Å². The monoisotopic (exact) mass is 446 g/mol. The number of halogens is 3. The van der Waals surface area contributed by atoms with Crippen molar-refractivity contribution in [2.24, 2.45) is 0 Å². The lowest BCUT2D eigenvalue weighted by Gasteiger charge is -2.13. The number of hydrogen-bond donors (Lipinski definition) is 3. The molecule has 0 unspecified atom stereocenters. The number of methoxy groups -OCH3 is 2. The van der Waals surface area contributed by atoms with E-state index in [-0.39, 0.29) is 5.92 Å². The Balaban J connectivity index is 1.60. The lowest BCUT2D eigenvalue weighted by molar-refractivity contribution is -0.137. The van der Waals surface area contributed by atoms with Crippen molar-refractivity contribution in [1.82, 2.24) is 10.2 Å². The Hall–Kier alpha value is -3.69. The first-order chi connectivity index (χ1) is 15.3. The van der Waals surface area contributed by atoms with E-state index in [1.807, 2.05) is 0 Å². The Kier molecular flexibility index (Phi) is 5.68. The highest BCUT2D eigenvalue weighted by Crippen LogP contribution is 2.45. The summed E-state index contributed by atoms with van der Waals surface area (Å²) in [6, 6.07) is 9.09. The number of ether oxygens (including phenoxy) is 2. The van der Waals surface area contributed by atoms with Crippen molar-refractivity contribution in [2.45, 2.75) is 24.9 Å². The van der Waals surface area contributed by atoms with Crippen LogP contribution in [0, 0.1) is 0 Å². The van der Waals surface area contributed by atoms with Gasteiger partial charge in [0, 0.05) is 17.5 Å². The van der Waals surface area contributed by atoms with E-state index < -0.39 is 17.8 Å². The summed E-state index contributed by atoms with van der Waals surface area (Å²) in [5, 5.41) is 12.7. The highest BCUT2D eigenvalue weighted by molar-refractivity contribution is 6.03. The van der Waals surface area contributed by atoms with E-state index in [9.17, 15) is 18.0 Å². The van der Waals surface area contributed by atoms with Crippen LogP contribution in [0.1, 0.15) is 30.0 Å². The molecule has 0 atom stereocenters.